The van der Waals surface area contributed by atoms with Gasteiger partial charge in [0.2, 0.25) is 11.8 Å². The first-order valence-electron chi connectivity index (χ1n) is 8.21. The lowest BCUT2D eigenvalue weighted by atomic mass is 10.0. The van der Waals surface area contributed by atoms with E-state index < -0.39 is 5.41 Å². The summed E-state index contributed by atoms with van der Waals surface area (Å²) in [6.45, 7) is 6.15. The van der Waals surface area contributed by atoms with Gasteiger partial charge < -0.3 is 15.5 Å². The molecule has 5 heteroatoms. The summed E-state index contributed by atoms with van der Waals surface area (Å²) in [4.78, 5) is 26.9. The standard InChI is InChI=1S/C18H23N3O2/c1-2-11-19-16(22)18(9-10-18)17(23)20-14-5-7-15(8-6-14)21-12-3-4-13-21/h2,5-8H,1,3-4,9-13H2,(H,19,22)(H,20,23). The van der Waals surface area contributed by atoms with E-state index in [4.69, 9.17) is 0 Å². The fourth-order valence-electron chi connectivity index (χ4n) is 3.00. The van der Waals surface area contributed by atoms with Gasteiger partial charge in [-0.25, -0.2) is 0 Å². The van der Waals surface area contributed by atoms with Crippen LogP contribution in [0, 0.1) is 5.41 Å². The van der Waals surface area contributed by atoms with E-state index >= 15 is 0 Å². The minimum atomic E-state index is -0.892. The molecule has 1 saturated heterocycles. The summed E-state index contributed by atoms with van der Waals surface area (Å²) in [7, 11) is 0. The maximum Gasteiger partial charge on any atom is 0.240 e. The molecular weight excluding hydrogens is 290 g/mol. The molecule has 2 amide bonds. The van der Waals surface area contributed by atoms with Crippen LogP contribution in [0.4, 0.5) is 11.4 Å². The molecule has 1 aliphatic heterocycles. The number of carbonyl (C=O) groups is 2. The van der Waals surface area contributed by atoms with E-state index in [1.165, 1.54) is 18.5 Å². The molecule has 1 aliphatic carbocycles. The van der Waals surface area contributed by atoms with Crippen molar-refractivity contribution in [2.24, 2.45) is 5.41 Å². The highest BCUT2D eigenvalue weighted by atomic mass is 16.2. The van der Waals surface area contributed by atoms with Crippen molar-refractivity contribution in [1.82, 2.24) is 5.32 Å². The van der Waals surface area contributed by atoms with E-state index in [1.54, 1.807) is 6.08 Å². The molecule has 2 fully saturated rings. The Hall–Kier alpha value is -2.30. The zero-order valence-corrected chi connectivity index (χ0v) is 13.3. The molecule has 0 unspecified atom stereocenters. The molecule has 1 aromatic rings. The van der Waals surface area contributed by atoms with E-state index in [0.29, 0.717) is 19.4 Å². The molecule has 23 heavy (non-hydrogen) atoms. The van der Waals surface area contributed by atoms with Gasteiger partial charge >= 0.3 is 0 Å². The Kier molecular flexibility index (Phi) is 4.37. The summed E-state index contributed by atoms with van der Waals surface area (Å²) in [5, 5.41) is 5.60. The van der Waals surface area contributed by atoms with E-state index in [9.17, 15) is 9.59 Å². The summed E-state index contributed by atoms with van der Waals surface area (Å²) in [5.74, 6) is -0.420. The van der Waals surface area contributed by atoms with Crippen molar-refractivity contribution in [1.29, 1.82) is 0 Å². The number of amides is 2. The van der Waals surface area contributed by atoms with Crippen LogP contribution in [-0.4, -0.2) is 31.4 Å². The van der Waals surface area contributed by atoms with Crippen molar-refractivity contribution < 1.29 is 9.59 Å². The van der Waals surface area contributed by atoms with Gasteiger partial charge in [0.15, 0.2) is 0 Å². The molecule has 1 saturated carbocycles. The van der Waals surface area contributed by atoms with Gasteiger partial charge in [-0.3, -0.25) is 9.59 Å². The van der Waals surface area contributed by atoms with Crippen LogP contribution in [0.15, 0.2) is 36.9 Å². The topological polar surface area (TPSA) is 61.4 Å². The van der Waals surface area contributed by atoms with Gasteiger partial charge in [-0.15, -0.1) is 6.58 Å². The first-order valence-corrected chi connectivity index (χ1v) is 8.21. The minimum Gasteiger partial charge on any atom is -0.372 e. The fourth-order valence-corrected chi connectivity index (χ4v) is 3.00. The number of hydrogen-bond donors (Lipinski definition) is 2. The Morgan fingerprint density at radius 2 is 1.78 bits per heavy atom. The SMILES string of the molecule is C=CCNC(=O)C1(C(=O)Nc2ccc(N3CCCC3)cc2)CC1. The van der Waals surface area contributed by atoms with Crippen molar-refractivity contribution >= 4 is 23.2 Å². The van der Waals surface area contributed by atoms with Crippen LogP contribution in [0.3, 0.4) is 0 Å². The zero-order chi connectivity index (χ0) is 16.3. The fraction of sp³-hybridized carbons (Fsp3) is 0.444. The van der Waals surface area contributed by atoms with Gasteiger partial charge in [-0.1, -0.05) is 6.08 Å². The van der Waals surface area contributed by atoms with Crippen LogP contribution in [0.5, 0.6) is 0 Å². The molecule has 0 atom stereocenters. The van der Waals surface area contributed by atoms with Crippen LogP contribution in [-0.2, 0) is 9.59 Å². The van der Waals surface area contributed by atoms with E-state index in [1.807, 2.05) is 24.3 Å². The van der Waals surface area contributed by atoms with Gasteiger partial charge in [-0.2, -0.15) is 0 Å². The largest absolute Gasteiger partial charge is 0.372 e. The number of nitrogens with one attached hydrogen (secondary N) is 2. The predicted octanol–water partition coefficient (Wildman–Crippen LogP) is 2.31. The molecule has 1 aromatic carbocycles. The summed E-state index contributed by atoms with van der Waals surface area (Å²) >= 11 is 0. The number of nitrogens with zero attached hydrogens (tertiary/aromatic N) is 1. The molecule has 3 rings (SSSR count). The number of rotatable bonds is 6. The number of hydrogen-bond acceptors (Lipinski definition) is 3. The number of anilines is 2. The second kappa shape index (κ2) is 6.44. The van der Waals surface area contributed by atoms with E-state index in [2.05, 4.69) is 22.1 Å². The van der Waals surface area contributed by atoms with Crippen LogP contribution < -0.4 is 15.5 Å². The lowest BCUT2D eigenvalue weighted by molar-refractivity contribution is -0.134. The molecule has 0 spiro atoms. The Balaban J connectivity index is 1.61. The lowest BCUT2D eigenvalue weighted by Crippen LogP contribution is -2.40. The normalized spacial score (nSPS) is 18.3. The Morgan fingerprint density at radius 1 is 1.13 bits per heavy atom. The Morgan fingerprint density at radius 3 is 2.35 bits per heavy atom. The zero-order valence-electron chi connectivity index (χ0n) is 13.3. The highest BCUT2D eigenvalue weighted by molar-refractivity contribution is 6.13. The average molecular weight is 313 g/mol. The third-order valence-electron chi connectivity index (χ3n) is 4.62. The molecular formula is C18H23N3O2. The quantitative estimate of drug-likeness (QED) is 0.626. The van der Waals surface area contributed by atoms with Crippen molar-refractivity contribution in [3.05, 3.63) is 36.9 Å². The van der Waals surface area contributed by atoms with Gasteiger partial charge in [0.1, 0.15) is 5.41 Å². The first kappa shape index (κ1) is 15.6. The summed E-state index contributed by atoms with van der Waals surface area (Å²) in [5.41, 5.74) is 1.03. The molecule has 0 aromatic heterocycles. The highest BCUT2D eigenvalue weighted by Gasteiger charge is 2.56. The third kappa shape index (κ3) is 3.23. The van der Waals surface area contributed by atoms with Crippen molar-refractivity contribution in [2.45, 2.75) is 25.7 Å². The third-order valence-corrected chi connectivity index (χ3v) is 4.62. The smallest absolute Gasteiger partial charge is 0.240 e. The highest BCUT2D eigenvalue weighted by Crippen LogP contribution is 2.46. The average Bonchev–Trinajstić information content (AvgIpc) is 3.21. The molecule has 1 heterocycles. The van der Waals surface area contributed by atoms with Crippen LogP contribution >= 0.6 is 0 Å². The van der Waals surface area contributed by atoms with Crippen molar-refractivity contribution in [3.8, 4) is 0 Å². The molecule has 2 N–H and O–H groups in total. The summed E-state index contributed by atoms with van der Waals surface area (Å²) in [6.07, 6.45) is 5.30. The lowest BCUT2D eigenvalue weighted by Gasteiger charge is -2.18. The monoisotopic (exact) mass is 313 g/mol. The molecule has 2 aliphatic rings. The summed E-state index contributed by atoms with van der Waals surface area (Å²) < 4.78 is 0. The Labute approximate surface area is 136 Å². The molecule has 5 nitrogen and oxygen atoms in total. The first-order chi connectivity index (χ1) is 11.2. The molecule has 0 radical (unpaired) electrons. The number of benzene rings is 1. The van der Waals surface area contributed by atoms with Crippen LogP contribution in [0.25, 0.3) is 0 Å². The van der Waals surface area contributed by atoms with Gasteiger partial charge in [-0.05, 0) is 49.9 Å². The van der Waals surface area contributed by atoms with Gasteiger partial charge in [0.25, 0.3) is 0 Å². The van der Waals surface area contributed by atoms with Crippen LogP contribution in [0.1, 0.15) is 25.7 Å². The molecule has 122 valence electrons. The molecule has 0 bridgehead atoms. The van der Waals surface area contributed by atoms with E-state index in [-0.39, 0.29) is 11.8 Å². The van der Waals surface area contributed by atoms with Gasteiger partial charge in [0, 0.05) is 31.0 Å². The predicted molar refractivity (Wildman–Crippen MR) is 91.4 cm³/mol. The van der Waals surface area contributed by atoms with Gasteiger partial charge in [0.05, 0.1) is 0 Å². The maximum absolute atomic E-state index is 12.4. The van der Waals surface area contributed by atoms with Crippen molar-refractivity contribution in [2.75, 3.05) is 29.9 Å². The second-order valence-electron chi connectivity index (χ2n) is 6.28. The van der Waals surface area contributed by atoms with E-state index in [0.717, 1.165) is 18.8 Å². The second-order valence-corrected chi connectivity index (χ2v) is 6.28. The Bertz CT molecular complexity index is 599. The van der Waals surface area contributed by atoms with Crippen molar-refractivity contribution in [3.63, 3.8) is 0 Å². The number of carbonyl (C=O) groups excluding carboxylic acids is 2. The minimum absolute atomic E-state index is 0.205. The van der Waals surface area contributed by atoms with Crippen LogP contribution in [0.2, 0.25) is 0 Å². The summed E-state index contributed by atoms with van der Waals surface area (Å²) in [6, 6.07) is 7.86. The maximum atomic E-state index is 12.4.